The van der Waals surface area contributed by atoms with Crippen LogP contribution >= 0.6 is 0 Å². The SMILES string of the molecule is CC[C@]1(O)C[C@H]2CN(CCc3c([nH]c4ccccc34)[C@@](C(=O)OC)(c3cc4c(cc3OC)N(C)[C@H]3[C@@](O)(C(=O)OC)[C@H](OC(=O)CN(C)C)[C@]5(CC)C=CCN6CC[C@]43[C@@H]65)C2)C1.CC[C@]1(O)C[C@H]2CN(CCc3c([nH]c4ccccc34)[C@@](C(=O)OC)(c3cc4c(cc3OC)N(C)[C@H]3[C@@](O)(C(=O)OC)[C@H](OC(=O)CN(C)C)[C@]5(CC)C=CCN6CC[C@]43[C@@H]65)C2)C1.O=S(=O)([O-])[O-].O=S(=O)([O-])[O-].O=S(=O)([O-])[O-]. The average molecular weight is 2000 g/mol. The lowest BCUT2D eigenvalue weighted by Crippen LogP contribution is -2.81. The summed E-state index contributed by atoms with van der Waals surface area (Å²) >= 11 is 0. The summed E-state index contributed by atoms with van der Waals surface area (Å²) in [7, 11) is 3.93. The maximum atomic E-state index is 15.4. The smallest absolute Gasteiger partial charge is 0.344 e. The minimum Gasteiger partial charge on any atom is -0.759 e. The van der Waals surface area contributed by atoms with E-state index >= 15 is 9.59 Å². The molecule has 12 heterocycles. The first-order chi connectivity index (χ1) is 65.2. The number of rotatable bonds is 18. The van der Waals surface area contributed by atoms with Gasteiger partial charge in [0.05, 0.1) is 79.0 Å². The second-order valence-corrected chi connectivity index (χ2v) is 42.3. The lowest BCUT2D eigenvalue weighted by molar-refractivity contribution is -0.230. The predicted octanol–water partition coefficient (Wildman–Crippen LogP) is 3.05. The molecule has 764 valence electrons. The number of nitrogens with one attached hydrogen (secondary N) is 2. The van der Waals surface area contributed by atoms with Gasteiger partial charge < -0.3 is 105 Å². The number of H-pyrrole nitrogens is 2. The number of likely N-dealkylation sites (N-methyl/N-ethyl adjacent to an activating group) is 4. The van der Waals surface area contributed by atoms with Crippen molar-refractivity contribution in [1.82, 2.24) is 39.4 Å². The lowest BCUT2D eigenvalue weighted by atomic mass is 9.47. The van der Waals surface area contributed by atoms with Gasteiger partial charge in [-0.25, -0.2) is 9.59 Å². The van der Waals surface area contributed by atoms with Gasteiger partial charge in [0, 0.05) is 199 Å². The molecule has 2 unspecified atom stereocenters. The number of aromatic nitrogens is 2. The molecule has 2 saturated carbocycles. The van der Waals surface area contributed by atoms with Gasteiger partial charge in [0.2, 0.25) is 11.2 Å². The summed E-state index contributed by atoms with van der Waals surface area (Å²) in [6.45, 7) is 14.5. The fourth-order valence-electron chi connectivity index (χ4n) is 27.5. The molecule has 40 nitrogen and oxygen atoms in total. The number of benzene rings is 4. The first-order valence-corrected chi connectivity index (χ1v) is 50.6. The summed E-state index contributed by atoms with van der Waals surface area (Å²) in [5.41, 5.74) is -3.47. The van der Waals surface area contributed by atoms with Crippen LogP contribution in [0.25, 0.3) is 21.8 Å². The molecule has 2 aromatic heterocycles. The van der Waals surface area contributed by atoms with E-state index in [1.165, 1.54) is 28.4 Å². The van der Waals surface area contributed by atoms with E-state index in [2.05, 4.69) is 78.1 Å². The van der Waals surface area contributed by atoms with Crippen LogP contribution in [0, 0.1) is 22.7 Å². The number of hydrogen-bond donors (Lipinski definition) is 6. The van der Waals surface area contributed by atoms with Crippen LogP contribution in [-0.2, 0) is 123 Å². The zero-order valence-corrected chi connectivity index (χ0v) is 83.5. The normalized spacial score (nSPS) is 33.2. The highest BCUT2D eigenvalue weighted by Gasteiger charge is 2.83. The summed E-state index contributed by atoms with van der Waals surface area (Å²) < 4.78 is 151. The van der Waals surface area contributed by atoms with Gasteiger partial charge in [0.1, 0.15) is 22.3 Å². The largest absolute Gasteiger partial charge is 0.759 e. The molecule has 4 aromatic carbocycles. The number of aromatic amines is 2. The third-order valence-electron chi connectivity index (χ3n) is 32.0. The Kier molecular flexibility index (Phi) is 29.4. The third-order valence-corrected chi connectivity index (χ3v) is 32.0. The summed E-state index contributed by atoms with van der Waals surface area (Å²) in [4.78, 5) is 112. The Labute approximate surface area is 809 Å². The number of esters is 6. The summed E-state index contributed by atoms with van der Waals surface area (Å²) in [6, 6.07) is 21.9. The van der Waals surface area contributed by atoms with Crippen LogP contribution in [0.3, 0.4) is 0 Å². The Morgan fingerprint density at radius 2 is 0.799 bits per heavy atom. The number of hydrogen-bond acceptors (Lipinski definition) is 38. The number of aliphatic hydroxyl groups is 4. The van der Waals surface area contributed by atoms with E-state index in [0.29, 0.717) is 165 Å². The molecule has 0 amide bonds. The second kappa shape index (κ2) is 38.7. The number of piperidine rings is 2. The number of nitrogens with zero attached hydrogens (tertiary/aromatic N) is 8. The molecule has 20 atom stereocenters. The van der Waals surface area contributed by atoms with Crippen LogP contribution in [0.2, 0.25) is 0 Å². The maximum Gasteiger partial charge on any atom is 0.344 e. The minimum atomic E-state index is -5.17. The number of methoxy groups -OCH3 is 6. The topological polar surface area (TPSA) is 555 Å². The zero-order chi connectivity index (χ0) is 102. The minimum absolute atomic E-state index is 0.0438. The Morgan fingerprint density at radius 3 is 1.11 bits per heavy atom. The Balaban J connectivity index is 0.000000193. The standard InChI is InChI=1S/2C48H63N5O9.3H2O4S/c2*1-9-44(57)24-29-25-47(42(55)60-7,38-31(16-20-52(26-29)28-44)30-14-11-12-15-34(30)49-38)33-22-32-35(23-36(33)59-6)51(5)40-46(32)18-21-53-19-13-17-45(10-2,39(46)53)41(48(40,58)43(56)61-8)62-37(54)27-50(3)4;3*1-5(2,3)4/h2*11-15,17,22-23,29,39-41,49,57-58H,9-10,16,18-21,24-28H2,1-8H3;3*(H2,1,2,3,4)/p-6/t2*29-,39+,40-,41-,44+,45-,46-,47+,48+;;;/m11.../s1. The molecule has 0 radical (unpaired) electrons. The quantitative estimate of drug-likeness (QED) is 0.0237. The Bertz CT molecular complexity index is 5740. The number of para-hydroxylation sites is 2. The van der Waals surface area contributed by atoms with Gasteiger partial charge in [-0.2, -0.15) is 0 Å². The van der Waals surface area contributed by atoms with Crippen LogP contribution in [0.1, 0.15) is 137 Å². The number of carbonyl (C=O) groups is 6. The number of carbonyl (C=O) groups excluding carboxylic acids is 6. The molecule has 139 heavy (non-hydrogen) atoms. The molecule has 12 aliphatic rings. The van der Waals surface area contributed by atoms with E-state index in [4.69, 9.17) is 90.5 Å². The predicted molar refractivity (Wildman–Crippen MR) is 498 cm³/mol. The first-order valence-electron chi connectivity index (χ1n) is 46.6. The van der Waals surface area contributed by atoms with Crippen molar-refractivity contribution in [1.29, 1.82) is 0 Å². The summed E-state index contributed by atoms with van der Waals surface area (Å²) in [5.74, 6) is -3.06. The molecule has 4 bridgehead atoms. The molecule has 2 aliphatic carbocycles. The van der Waals surface area contributed by atoms with Crippen LogP contribution in [-0.4, -0.2) is 370 Å². The molecular formula is C96H126N10O30S3-6. The van der Waals surface area contributed by atoms with Gasteiger partial charge >= 0.3 is 35.8 Å². The number of fused-ring (bicyclic) bond motifs is 12. The van der Waals surface area contributed by atoms with E-state index in [-0.39, 0.29) is 37.0 Å². The highest BCUT2D eigenvalue weighted by atomic mass is 32.3. The van der Waals surface area contributed by atoms with E-state index < -0.39 is 146 Å². The van der Waals surface area contributed by atoms with Gasteiger partial charge in [-0.15, -0.1) is 0 Å². The van der Waals surface area contributed by atoms with Crippen LogP contribution < -0.4 is 19.3 Å². The average Bonchev–Trinajstić information content (AvgIpc) is 1.49. The Morgan fingerprint density at radius 1 is 0.460 bits per heavy atom. The molecule has 10 aliphatic heterocycles. The molecule has 18 rings (SSSR count). The van der Waals surface area contributed by atoms with Crippen molar-refractivity contribution >= 4 is 100 Å². The molecule has 6 N–H and O–H groups in total. The van der Waals surface area contributed by atoms with Crippen molar-refractivity contribution < 1.29 is 140 Å². The molecule has 6 fully saturated rings. The fraction of sp³-hybridized carbons (Fsp3) is 0.604. The van der Waals surface area contributed by atoms with Crippen molar-refractivity contribution in [3.8, 4) is 11.5 Å². The number of anilines is 2. The second-order valence-electron chi connectivity index (χ2n) is 39.9. The maximum absolute atomic E-state index is 15.4. The van der Waals surface area contributed by atoms with Crippen LogP contribution in [0.4, 0.5) is 11.4 Å². The summed E-state index contributed by atoms with van der Waals surface area (Å²) in [5, 5.41) is 53.2. The number of ether oxygens (including phenoxy) is 8. The molecule has 4 saturated heterocycles. The van der Waals surface area contributed by atoms with Gasteiger partial charge in [-0.1, -0.05) is 88.4 Å². The van der Waals surface area contributed by atoms with E-state index in [1.807, 2.05) is 100 Å². The van der Waals surface area contributed by atoms with Gasteiger partial charge in [0.25, 0.3) is 0 Å². The summed E-state index contributed by atoms with van der Waals surface area (Å²) in [6.07, 6.45) is 11.8. The highest BCUT2D eigenvalue weighted by Crippen LogP contribution is 2.71. The molecular weight excluding hydrogens is 1870 g/mol. The molecule has 43 heteroatoms. The molecule has 6 aromatic rings. The zero-order valence-electron chi connectivity index (χ0n) is 81.0. The van der Waals surface area contributed by atoms with Gasteiger partial charge in [-0.3, -0.25) is 73.8 Å². The van der Waals surface area contributed by atoms with Crippen molar-refractivity contribution in [2.75, 3.05) is 173 Å². The van der Waals surface area contributed by atoms with Crippen molar-refractivity contribution in [2.45, 2.75) is 185 Å². The molecule has 2 spiro atoms. The van der Waals surface area contributed by atoms with Crippen molar-refractivity contribution in [2.24, 2.45) is 22.7 Å². The highest BCUT2D eigenvalue weighted by molar-refractivity contribution is 7.80. The first kappa shape index (κ1) is 105. The Hall–Kier alpha value is -9.33. The van der Waals surface area contributed by atoms with Crippen molar-refractivity contribution in [3.63, 3.8) is 0 Å². The van der Waals surface area contributed by atoms with Crippen molar-refractivity contribution in [3.05, 3.63) is 142 Å². The van der Waals surface area contributed by atoms with E-state index in [9.17, 15) is 39.6 Å². The third kappa shape index (κ3) is 18.0. The van der Waals surface area contributed by atoms with Gasteiger partial charge in [0.15, 0.2) is 12.2 Å². The van der Waals surface area contributed by atoms with E-state index in [1.54, 1.807) is 52.2 Å². The van der Waals surface area contributed by atoms with Crippen LogP contribution in [0.15, 0.2) is 97.1 Å². The lowest BCUT2D eigenvalue weighted by Gasteiger charge is -2.63. The van der Waals surface area contributed by atoms with E-state index in [0.717, 1.165) is 66.8 Å². The van der Waals surface area contributed by atoms with Gasteiger partial charge in [-0.05, 0) is 177 Å². The fourth-order valence-corrected chi connectivity index (χ4v) is 27.5. The monoisotopic (exact) mass is 1990 g/mol. The van der Waals surface area contributed by atoms with Crippen LogP contribution in [0.5, 0.6) is 11.5 Å².